The molecule has 224 valence electrons. The summed E-state index contributed by atoms with van der Waals surface area (Å²) in [4.78, 5) is 26.0. The molecule has 0 saturated heterocycles. The van der Waals surface area contributed by atoms with E-state index in [1.54, 1.807) is 24.4 Å². The second-order valence-electron chi connectivity index (χ2n) is 10.3. The molecular formula is C29H23ClF4N4O4S. The van der Waals surface area contributed by atoms with Crippen LogP contribution in [0.15, 0.2) is 53.6 Å². The number of hydrogen-bond donors (Lipinski definition) is 1. The molecular weight excluding hydrogens is 612 g/mol. The minimum absolute atomic E-state index is 0.0383. The molecule has 0 unspecified atom stereocenters. The summed E-state index contributed by atoms with van der Waals surface area (Å²) in [5.41, 5.74) is -0.248. The van der Waals surface area contributed by atoms with Crippen molar-refractivity contribution in [3.8, 4) is 11.4 Å². The maximum Gasteiger partial charge on any atom is 0.273 e. The van der Waals surface area contributed by atoms with E-state index in [0.717, 1.165) is 18.9 Å². The molecule has 1 N–H and O–H groups in total. The molecule has 0 bridgehead atoms. The number of carbonyl (C=O) groups excluding carboxylic acids is 1. The molecule has 4 heterocycles. The van der Waals surface area contributed by atoms with E-state index in [9.17, 15) is 30.8 Å². The number of pyridine rings is 3. The van der Waals surface area contributed by atoms with E-state index in [4.69, 9.17) is 16.3 Å². The Bertz CT molecular complexity index is 1860. The van der Waals surface area contributed by atoms with Crippen LogP contribution in [0.2, 0.25) is 5.02 Å². The number of alkyl halides is 4. The van der Waals surface area contributed by atoms with E-state index >= 15 is 0 Å². The van der Waals surface area contributed by atoms with Crippen molar-refractivity contribution in [3.05, 3.63) is 81.8 Å². The van der Waals surface area contributed by atoms with Gasteiger partial charge in [0.05, 0.1) is 52.9 Å². The van der Waals surface area contributed by atoms with Crippen LogP contribution in [0.4, 0.5) is 17.6 Å². The second kappa shape index (κ2) is 11.4. The highest BCUT2D eigenvalue weighted by atomic mass is 35.5. The summed E-state index contributed by atoms with van der Waals surface area (Å²) in [6.07, 6.45) is -2.49. The first kappa shape index (κ1) is 29.4. The number of benzene rings is 1. The summed E-state index contributed by atoms with van der Waals surface area (Å²) < 4.78 is 84.8. The Balaban J connectivity index is 1.23. The van der Waals surface area contributed by atoms with Crippen LogP contribution in [0, 0.1) is 0 Å². The van der Waals surface area contributed by atoms with Crippen molar-refractivity contribution in [3.63, 3.8) is 0 Å². The number of aromatic nitrogens is 3. The monoisotopic (exact) mass is 634 g/mol. The van der Waals surface area contributed by atoms with E-state index in [2.05, 4.69) is 20.3 Å². The Hall–Kier alpha value is -3.68. The van der Waals surface area contributed by atoms with Crippen molar-refractivity contribution in [1.29, 1.82) is 0 Å². The zero-order chi connectivity index (χ0) is 30.5. The van der Waals surface area contributed by atoms with Gasteiger partial charge in [-0.2, -0.15) is 0 Å². The normalized spacial score (nSPS) is 18.7. The lowest BCUT2D eigenvalue weighted by Gasteiger charge is -2.14. The Kier molecular flexibility index (Phi) is 7.82. The molecule has 1 fully saturated rings. The van der Waals surface area contributed by atoms with E-state index in [-0.39, 0.29) is 40.8 Å². The molecule has 2 aliphatic rings. The van der Waals surface area contributed by atoms with Crippen LogP contribution in [0.5, 0.6) is 0 Å². The lowest BCUT2D eigenvalue weighted by Crippen LogP contribution is -2.24. The summed E-state index contributed by atoms with van der Waals surface area (Å²) >= 11 is 6.23. The Morgan fingerprint density at radius 1 is 1.07 bits per heavy atom. The maximum atomic E-state index is 14.2. The largest absolute Gasteiger partial charge is 0.373 e. The van der Waals surface area contributed by atoms with Gasteiger partial charge >= 0.3 is 0 Å². The first-order valence-corrected chi connectivity index (χ1v) is 15.2. The molecule has 3 aromatic heterocycles. The maximum absolute atomic E-state index is 14.2. The van der Waals surface area contributed by atoms with Gasteiger partial charge in [-0.25, -0.2) is 31.0 Å². The average Bonchev–Trinajstić information content (AvgIpc) is 3.85. The third kappa shape index (κ3) is 5.80. The number of nitrogens with one attached hydrogen (secondary N) is 1. The predicted molar refractivity (Wildman–Crippen MR) is 149 cm³/mol. The van der Waals surface area contributed by atoms with Gasteiger partial charge in [0.25, 0.3) is 12.3 Å². The summed E-state index contributed by atoms with van der Waals surface area (Å²) in [7, 11) is -4.40. The van der Waals surface area contributed by atoms with Gasteiger partial charge in [0, 0.05) is 39.2 Å². The van der Waals surface area contributed by atoms with Crippen molar-refractivity contribution >= 4 is 38.2 Å². The van der Waals surface area contributed by atoms with Gasteiger partial charge in [-0.05, 0) is 49.2 Å². The molecule has 1 aromatic carbocycles. The fraction of sp³-hybridized carbons (Fsp3) is 0.310. The molecule has 0 radical (unpaired) electrons. The molecule has 1 aliphatic heterocycles. The molecule has 0 spiro atoms. The average molecular weight is 635 g/mol. The zero-order valence-corrected chi connectivity index (χ0v) is 23.8. The first-order valence-electron chi connectivity index (χ1n) is 13.3. The molecule has 14 heteroatoms. The predicted octanol–water partition coefficient (Wildman–Crippen LogP) is 6.03. The number of rotatable bonds is 7. The second-order valence-corrected chi connectivity index (χ2v) is 12.8. The van der Waals surface area contributed by atoms with Gasteiger partial charge in [-0.15, -0.1) is 0 Å². The fourth-order valence-corrected chi connectivity index (χ4v) is 6.55. The fourth-order valence-electron chi connectivity index (χ4n) is 4.87. The van der Waals surface area contributed by atoms with E-state index < -0.39 is 45.3 Å². The number of halogens is 5. The van der Waals surface area contributed by atoms with Crippen molar-refractivity contribution in [2.75, 3.05) is 6.61 Å². The molecule has 1 saturated carbocycles. The molecule has 1 aliphatic carbocycles. The topological polar surface area (TPSA) is 111 Å². The minimum Gasteiger partial charge on any atom is -0.373 e. The number of hydrogen-bond acceptors (Lipinski definition) is 7. The minimum atomic E-state index is -4.40. The lowest BCUT2D eigenvalue weighted by molar-refractivity contribution is 0.0488. The Morgan fingerprint density at radius 2 is 1.81 bits per heavy atom. The summed E-state index contributed by atoms with van der Waals surface area (Å²) in [5, 5.41) is 3.30. The molecule has 1 amide bonds. The standard InChI is InChI=1S/C29H23ClF4N4O4S/c30-20-7-16(8-24-19(20)12-42-13-25(31)43(24,40)41)29(39)36-11-17-9-23-15(10-35-17)3-5-21(37-23)22-6-4-18(26(32)28(33)34)27(38-22)14-1-2-14/h3-10,14,25-26,28H,1-2,11-13H2,(H,36,39)/t25-,26+/m1/s1. The summed E-state index contributed by atoms with van der Waals surface area (Å²) in [6, 6.07) is 10.3. The molecule has 8 nitrogen and oxygen atoms in total. The molecule has 43 heavy (non-hydrogen) atoms. The van der Waals surface area contributed by atoms with E-state index in [0.29, 0.717) is 33.7 Å². The Morgan fingerprint density at radius 3 is 2.56 bits per heavy atom. The number of fused-ring (bicyclic) bond motifs is 2. The summed E-state index contributed by atoms with van der Waals surface area (Å²) in [5.74, 6) is -0.718. The number of sulfone groups is 1. The van der Waals surface area contributed by atoms with Crippen molar-refractivity contribution in [2.24, 2.45) is 0 Å². The van der Waals surface area contributed by atoms with Crippen LogP contribution in [0.1, 0.15) is 57.8 Å². The molecule has 4 aromatic rings. The molecule has 6 rings (SSSR count). The van der Waals surface area contributed by atoms with Gasteiger partial charge in [-0.3, -0.25) is 14.8 Å². The van der Waals surface area contributed by atoms with Crippen molar-refractivity contribution in [1.82, 2.24) is 20.3 Å². The van der Waals surface area contributed by atoms with Gasteiger partial charge < -0.3 is 10.1 Å². The lowest BCUT2D eigenvalue weighted by atomic mass is 10.0. The van der Waals surface area contributed by atoms with Crippen molar-refractivity contribution in [2.45, 2.75) is 54.9 Å². The highest BCUT2D eigenvalue weighted by Crippen LogP contribution is 2.44. The van der Waals surface area contributed by atoms with Gasteiger partial charge in [0.15, 0.2) is 6.17 Å². The van der Waals surface area contributed by atoms with Crippen LogP contribution in [0.25, 0.3) is 22.3 Å². The third-order valence-electron chi connectivity index (χ3n) is 7.32. The SMILES string of the molecule is O=C(NCc1cc2nc(-c3ccc([C@H](F)C(F)F)c(C4CC4)n3)ccc2cn1)c1cc(Cl)c2c(c1)S(=O)(=O)[C@@H](F)COC2. The smallest absolute Gasteiger partial charge is 0.273 e. The third-order valence-corrected chi connectivity index (χ3v) is 9.44. The zero-order valence-electron chi connectivity index (χ0n) is 22.2. The van der Waals surface area contributed by atoms with Gasteiger partial charge in [0.1, 0.15) is 0 Å². The van der Waals surface area contributed by atoms with Crippen LogP contribution >= 0.6 is 11.6 Å². The van der Waals surface area contributed by atoms with Gasteiger partial charge in [0.2, 0.25) is 15.3 Å². The van der Waals surface area contributed by atoms with E-state index in [1.165, 1.54) is 18.2 Å². The summed E-state index contributed by atoms with van der Waals surface area (Å²) in [6.45, 7) is -0.904. The quantitative estimate of drug-likeness (QED) is 0.247. The van der Waals surface area contributed by atoms with E-state index in [1.807, 2.05) is 0 Å². The van der Waals surface area contributed by atoms with Crippen molar-refractivity contribution < 1.29 is 35.5 Å². The number of carbonyl (C=O) groups is 1. The highest BCUT2D eigenvalue weighted by Gasteiger charge is 2.35. The van der Waals surface area contributed by atoms with Gasteiger partial charge in [-0.1, -0.05) is 17.7 Å². The first-order chi connectivity index (χ1) is 20.5. The highest BCUT2D eigenvalue weighted by molar-refractivity contribution is 7.92. The van der Waals surface area contributed by atoms with Crippen LogP contribution in [-0.2, 0) is 27.7 Å². The van der Waals surface area contributed by atoms with Crippen LogP contribution in [0.3, 0.4) is 0 Å². The number of ether oxygens (including phenoxy) is 1. The number of amides is 1. The van der Waals surface area contributed by atoms with Crippen LogP contribution in [-0.4, -0.2) is 47.8 Å². The Labute approximate surface area is 248 Å². The van der Waals surface area contributed by atoms with Crippen LogP contribution < -0.4 is 5.32 Å². The molecule has 2 atom stereocenters. The number of nitrogens with zero attached hydrogens (tertiary/aromatic N) is 3.